The minimum atomic E-state index is -1.55. The molecule has 0 aliphatic carbocycles. The molecule has 0 radical (unpaired) electrons. The molecule has 2 aromatic rings. The maximum atomic E-state index is 11.9. The molecule has 2 aromatic carbocycles. The van der Waals surface area contributed by atoms with Gasteiger partial charge < -0.3 is 0 Å². The Morgan fingerprint density at radius 3 is 0.967 bits per heavy atom. The van der Waals surface area contributed by atoms with Gasteiger partial charge in [0.05, 0.1) is 43.0 Å². The van der Waals surface area contributed by atoms with Crippen molar-refractivity contribution in [3.8, 4) is 0 Å². The Bertz CT molecular complexity index is 960. The van der Waals surface area contributed by atoms with Gasteiger partial charge in [-0.3, -0.25) is 40.5 Å². The van der Waals surface area contributed by atoms with Gasteiger partial charge in [-0.1, -0.05) is 0 Å². The molecule has 154 valence electrons. The van der Waals surface area contributed by atoms with Crippen LogP contribution in [-0.2, 0) is 9.78 Å². The van der Waals surface area contributed by atoms with Crippen LogP contribution in [0.2, 0.25) is 0 Å². The van der Waals surface area contributed by atoms with E-state index < -0.39 is 65.5 Å². The Kier molecular flexibility index (Phi) is 5.91. The van der Waals surface area contributed by atoms with Crippen LogP contribution in [0.25, 0.3) is 0 Å². The predicted molar refractivity (Wildman–Crippen MR) is 90.3 cm³/mol. The minimum Gasteiger partial charge on any atom is -0.258 e. The zero-order chi connectivity index (χ0) is 22.6. The fourth-order valence-electron chi connectivity index (χ4n) is 2.02. The van der Waals surface area contributed by atoms with E-state index in [0.717, 1.165) is 0 Å². The number of benzene rings is 2. The van der Waals surface area contributed by atoms with Crippen LogP contribution >= 0.6 is 0 Å². The van der Waals surface area contributed by atoms with Gasteiger partial charge in [0.1, 0.15) is 0 Å². The summed E-state index contributed by atoms with van der Waals surface area (Å²) in [5.74, 6) is -3.09. The first-order chi connectivity index (χ1) is 14.0. The molecule has 16 nitrogen and oxygen atoms in total. The second-order valence-electron chi connectivity index (χ2n) is 5.25. The van der Waals surface area contributed by atoms with E-state index in [1.807, 2.05) is 0 Å². The third-order valence-corrected chi connectivity index (χ3v) is 3.31. The number of nitro groups is 4. The van der Waals surface area contributed by atoms with Crippen LogP contribution in [0.1, 0.15) is 20.7 Å². The molecule has 0 heterocycles. The van der Waals surface area contributed by atoms with E-state index >= 15 is 0 Å². The molecule has 0 saturated heterocycles. The summed E-state index contributed by atoms with van der Waals surface area (Å²) in [6, 6.07) is 3.60. The van der Waals surface area contributed by atoms with Crippen molar-refractivity contribution in [2.24, 2.45) is 0 Å². The fraction of sp³-hybridized carbons (Fsp3) is 0. The molecule has 0 amide bonds. The quantitative estimate of drug-likeness (QED) is 0.371. The first-order valence-electron chi connectivity index (χ1n) is 7.30. The molecule has 0 fully saturated rings. The molecule has 30 heavy (non-hydrogen) atoms. The highest BCUT2D eigenvalue weighted by Gasteiger charge is 2.25. The highest BCUT2D eigenvalue weighted by atomic mass is 17.2. The predicted octanol–water partition coefficient (Wildman–Crippen LogP) is 2.25. The van der Waals surface area contributed by atoms with E-state index in [4.69, 9.17) is 0 Å². The van der Waals surface area contributed by atoms with E-state index in [1.54, 1.807) is 0 Å². The largest absolute Gasteiger partial charge is 0.386 e. The number of carbonyl (C=O) groups is 2. The van der Waals surface area contributed by atoms with Gasteiger partial charge in [0.25, 0.3) is 22.7 Å². The maximum absolute atomic E-state index is 11.9. The summed E-state index contributed by atoms with van der Waals surface area (Å²) in [7, 11) is 0. The number of non-ortho nitro benzene ring substituents is 4. The van der Waals surface area contributed by atoms with Crippen LogP contribution in [0.15, 0.2) is 36.4 Å². The van der Waals surface area contributed by atoms with Crippen molar-refractivity contribution in [3.05, 3.63) is 88.0 Å². The number of nitrogens with zero attached hydrogens (tertiary/aromatic N) is 4. The molecule has 0 spiro atoms. The third kappa shape index (κ3) is 4.82. The number of hydrogen-bond acceptors (Lipinski definition) is 12. The van der Waals surface area contributed by atoms with Gasteiger partial charge in [-0.05, 0) is 0 Å². The zero-order valence-corrected chi connectivity index (χ0v) is 14.2. The molecular weight excluding hydrogens is 416 g/mol. The van der Waals surface area contributed by atoms with Crippen molar-refractivity contribution >= 4 is 34.7 Å². The van der Waals surface area contributed by atoms with Gasteiger partial charge in [-0.2, -0.15) is 0 Å². The SMILES string of the molecule is O=C(OOC(=O)c1cc([N+](=O)[O-])cc([N+](=O)[O-])c1)c1cc([N+](=O)[O-])cc([N+](=O)[O-])c1. The summed E-state index contributed by atoms with van der Waals surface area (Å²) in [5.41, 5.74) is -4.72. The van der Waals surface area contributed by atoms with E-state index in [9.17, 15) is 50.0 Å². The van der Waals surface area contributed by atoms with Crippen molar-refractivity contribution in [2.75, 3.05) is 0 Å². The third-order valence-electron chi connectivity index (χ3n) is 3.31. The Balaban J connectivity index is 2.25. The average molecular weight is 422 g/mol. The Morgan fingerprint density at radius 2 is 0.767 bits per heavy atom. The summed E-state index contributed by atoms with van der Waals surface area (Å²) in [6.45, 7) is 0. The lowest BCUT2D eigenvalue weighted by atomic mass is 10.2. The zero-order valence-electron chi connectivity index (χ0n) is 14.2. The topological polar surface area (TPSA) is 225 Å². The van der Waals surface area contributed by atoms with Gasteiger partial charge in [0, 0.05) is 24.3 Å². The maximum Gasteiger partial charge on any atom is 0.386 e. The Morgan fingerprint density at radius 1 is 0.533 bits per heavy atom. The van der Waals surface area contributed by atoms with Crippen molar-refractivity contribution in [1.29, 1.82) is 0 Å². The number of rotatable bonds is 6. The van der Waals surface area contributed by atoms with Crippen molar-refractivity contribution in [1.82, 2.24) is 0 Å². The number of nitro benzene ring substituents is 4. The standard InChI is InChI=1S/C14H6N4O12/c19-13(7-1-9(15(21)22)5-10(2-7)16(23)24)29-30-14(20)8-3-11(17(25)26)6-12(4-8)18(27)28/h1-6H. The van der Waals surface area contributed by atoms with Crippen molar-refractivity contribution in [3.63, 3.8) is 0 Å². The van der Waals surface area contributed by atoms with Crippen LogP contribution in [-0.4, -0.2) is 31.6 Å². The Hall–Kier alpha value is -5.02. The molecule has 0 N–H and O–H groups in total. The fourth-order valence-corrected chi connectivity index (χ4v) is 2.02. The first kappa shape index (κ1) is 21.3. The lowest BCUT2D eigenvalue weighted by Gasteiger charge is -2.04. The number of hydrogen-bond donors (Lipinski definition) is 0. The van der Waals surface area contributed by atoms with E-state index in [0.29, 0.717) is 36.4 Å². The summed E-state index contributed by atoms with van der Waals surface area (Å²) >= 11 is 0. The van der Waals surface area contributed by atoms with E-state index in [-0.39, 0.29) is 0 Å². The normalized spacial score (nSPS) is 10.0. The lowest BCUT2D eigenvalue weighted by molar-refractivity contribution is -0.394. The van der Waals surface area contributed by atoms with Crippen LogP contribution in [0.3, 0.4) is 0 Å². The second kappa shape index (κ2) is 8.33. The summed E-state index contributed by atoms with van der Waals surface area (Å²) in [6.07, 6.45) is 0. The molecule has 0 aliphatic rings. The van der Waals surface area contributed by atoms with Gasteiger partial charge >= 0.3 is 11.9 Å². The molecule has 0 aliphatic heterocycles. The summed E-state index contributed by atoms with van der Waals surface area (Å²) < 4.78 is 0. The highest BCUT2D eigenvalue weighted by molar-refractivity contribution is 5.94. The lowest BCUT2D eigenvalue weighted by Crippen LogP contribution is -2.13. The monoisotopic (exact) mass is 422 g/mol. The van der Waals surface area contributed by atoms with Gasteiger partial charge in [0.15, 0.2) is 0 Å². The van der Waals surface area contributed by atoms with Crippen LogP contribution in [0.4, 0.5) is 22.7 Å². The minimum absolute atomic E-state index is 0.574. The van der Waals surface area contributed by atoms with Gasteiger partial charge in [0.2, 0.25) is 0 Å². The van der Waals surface area contributed by atoms with Crippen LogP contribution < -0.4 is 0 Å². The summed E-state index contributed by atoms with van der Waals surface area (Å²) in [5, 5.41) is 43.2. The molecule has 0 bridgehead atoms. The molecule has 0 atom stereocenters. The van der Waals surface area contributed by atoms with Crippen LogP contribution in [0.5, 0.6) is 0 Å². The summed E-state index contributed by atoms with van der Waals surface area (Å²) in [4.78, 5) is 71.3. The average Bonchev–Trinajstić information content (AvgIpc) is 2.70. The molecule has 2 rings (SSSR count). The van der Waals surface area contributed by atoms with Crippen LogP contribution in [0, 0.1) is 40.5 Å². The van der Waals surface area contributed by atoms with Gasteiger partial charge in [-0.25, -0.2) is 19.4 Å². The van der Waals surface area contributed by atoms with Crippen molar-refractivity contribution < 1.29 is 39.1 Å². The van der Waals surface area contributed by atoms with E-state index in [2.05, 4.69) is 9.78 Å². The molecule has 0 aromatic heterocycles. The van der Waals surface area contributed by atoms with E-state index in [1.165, 1.54) is 0 Å². The molecular formula is C14H6N4O12. The molecule has 16 heteroatoms. The van der Waals surface area contributed by atoms with Gasteiger partial charge in [-0.15, -0.1) is 0 Å². The second-order valence-corrected chi connectivity index (χ2v) is 5.25. The first-order valence-corrected chi connectivity index (χ1v) is 7.30. The smallest absolute Gasteiger partial charge is 0.258 e. The molecule has 0 unspecified atom stereocenters. The molecule has 0 saturated carbocycles. The Labute approximate surface area is 162 Å². The van der Waals surface area contributed by atoms with Crippen molar-refractivity contribution in [2.45, 2.75) is 0 Å². The number of carbonyl (C=O) groups excluding carboxylic acids is 2. The highest BCUT2D eigenvalue weighted by Crippen LogP contribution is 2.25.